The Hall–Kier alpha value is -1.46. The number of rotatable bonds is 3. The third kappa shape index (κ3) is 3.90. The van der Waals surface area contributed by atoms with Crippen LogP contribution in [0.1, 0.15) is 18.4 Å². The molecule has 3 rings (SSSR count). The molecule has 128 valence electrons. The number of nitrogens with zero attached hydrogens (tertiary/aromatic N) is 1. The molecule has 0 aromatic heterocycles. The summed E-state index contributed by atoms with van der Waals surface area (Å²) in [5.74, 6) is 1.81. The third-order valence-corrected chi connectivity index (χ3v) is 4.66. The van der Waals surface area contributed by atoms with E-state index in [4.69, 9.17) is 9.47 Å². The van der Waals surface area contributed by atoms with Gasteiger partial charge in [-0.1, -0.05) is 0 Å². The summed E-state index contributed by atoms with van der Waals surface area (Å²) >= 11 is 0. The lowest BCUT2D eigenvalue weighted by molar-refractivity contribution is -0.138. The van der Waals surface area contributed by atoms with Crippen LogP contribution in [0.2, 0.25) is 0 Å². The third-order valence-electron chi connectivity index (χ3n) is 4.66. The van der Waals surface area contributed by atoms with Crippen LogP contribution in [0.15, 0.2) is 18.2 Å². The molecule has 6 heteroatoms. The van der Waals surface area contributed by atoms with Crippen molar-refractivity contribution in [3.05, 3.63) is 23.8 Å². The Balaban J connectivity index is 0.00000192. The van der Waals surface area contributed by atoms with Crippen LogP contribution in [-0.2, 0) is 11.2 Å². The van der Waals surface area contributed by atoms with Crippen LogP contribution in [0.25, 0.3) is 0 Å². The summed E-state index contributed by atoms with van der Waals surface area (Å²) in [7, 11) is 3.62. The largest absolute Gasteiger partial charge is 0.497 e. The zero-order valence-electron chi connectivity index (χ0n) is 13.7. The Morgan fingerprint density at radius 1 is 1.43 bits per heavy atom. The van der Waals surface area contributed by atoms with E-state index in [0.717, 1.165) is 49.4 Å². The highest BCUT2D eigenvalue weighted by molar-refractivity contribution is 5.85. The first-order valence-corrected chi connectivity index (χ1v) is 7.97. The van der Waals surface area contributed by atoms with Crippen molar-refractivity contribution in [2.75, 3.05) is 33.9 Å². The molecule has 2 aliphatic rings. The second-order valence-corrected chi connectivity index (χ2v) is 6.10. The van der Waals surface area contributed by atoms with Crippen LogP contribution < -0.4 is 14.8 Å². The van der Waals surface area contributed by atoms with Crippen LogP contribution in [0.5, 0.6) is 11.5 Å². The summed E-state index contributed by atoms with van der Waals surface area (Å²) in [5, 5.41) is 3.28. The summed E-state index contributed by atoms with van der Waals surface area (Å²) in [5.41, 5.74) is 1.06. The summed E-state index contributed by atoms with van der Waals surface area (Å²) in [6.45, 7) is 2.13. The van der Waals surface area contributed by atoms with Crippen LogP contribution in [0.3, 0.4) is 0 Å². The van der Waals surface area contributed by atoms with Gasteiger partial charge in [0.2, 0.25) is 5.91 Å². The Bertz CT molecular complexity index is 553. The SMILES string of the molecule is CNC1CCCN(C(=O)C2COc3ccc(OC)cc3C2)C1.Cl. The Morgan fingerprint density at radius 3 is 3.00 bits per heavy atom. The molecule has 2 heterocycles. The van der Waals surface area contributed by atoms with E-state index in [2.05, 4.69) is 5.32 Å². The molecule has 1 saturated heterocycles. The zero-order chi connectivity index (χ0) is 15.5. The number of likely N-dealkylation sites (tertiary alicyclic amines) is 1. The minimum Gasteiger partial charge on any atom is -0.497 e. The molecule has 23 heavy (non-hydrogen) atoms. The number of piperidine rings is 1. The number of methoxy groups -OCH3 is 1. The van der Waals surface area contributed by atoms with Crippen molar-refractivity contribution >= 4 is 18.3 Å². The van der Waals surface area contributed by atoms with Crippen LogP contribution in [0, 0.1) is 5.92 Å². The second-order valence-electron chi connectivity index (χ2n) is 6.10. The maximum absolute atomic E-state index is 12.8. The van der Waals surface area contributed by atoms with Gasteiger partial charge in [0.05, 0.1) is 13.0 Å². The molecule has 0 spiro atoms. The van der Waals surface area contributed by atoms with E-state index < -0.39 is 0 Å². The predicted molar refractivity (Wildman–Crippen MR) is 91.6 cm³/mol. The minimum atomic E-state index is -0.0878. The lowest BCUT2D eigenvalue weighted by atomic mass is 9.94. The quantitative estimate of drug-likeness (QED) is 0.912. The molecule has 1 N–H and O–H groups in total. The highest BCUT2D eigenvalue weighted by Crippen LogP contribution is 2.31. The summed E-state index contributed by atoms with van der Waals surface area (Å²) in [6.07, 6.45) is 2.93. The van der Waals surface area contributed by atoms with Gasteiger partial charge in [-0.25, -0.2) is 0 Å². The van der Waals surface area contributed by atoms with Gasteiger partial charge >= 0.3 is 0 Å². The number of carbonyl (C=O) groups is 1. The highest BCUT2D eigenvalue weighted by atomic mass is 35.5. The average Bonchev–Trinajstić information content (AvgIpc) is 2.60. The molecule has 5 nitrogen and oxygen atoms in total. The van der Waals surface area contributed by atoms with E-state index in [0.29, 0.717) is 12.6 Å². The second kappa shape index (κ2) is 7.88. The molecule has 1 aromatic carbocycles. The molecule has 1 amide bonds. The van der Waals surface area contributed by atoms with Crippen molar-refractivity contribution in [3.8, 4) is 11.5 Å². The van der Waals surface area contributed by atoms with Crippen molar-refractivity contribution in [2.24, 2.45) is 5.92 Å². The lowest BCUT2D eigenvalue weighted by Gasteiger charge is -2.36. The average molecular weight is 341 g/mol. The number of hydrogen-bond acceptors (Lipinski definition) is 4. The topological polar surface area (TPSA) is 50.8 Å². The van der Waals surface area contributed by atoms with Gasteiger partial charge in [-0.05, 0) is 50.1 Å². The van der Waals surface area contributed by atoms with Gasteiger partial charge < -0.3 is 19.7 Å². The minimum absolute atomic E-state index is 0. The molecule has 2 atom stereocenters. The molecule has 0 saturated carbocycles. The van der Waals surface area contributed by atoms with Gasteiger partial charge in [0, 0.05) is 19.1 Å². The molecule has 2 unspecified atom stereocenters. The van der Waals surface area contributed by atoms with E-state index in [-0.39, 0.29) is 24.2 Å². The first-order valence-electron chi connectivity index (χ1n) is 7.97. The normalized spacial score (nSPS) is 23.3. The van der Waals surface area contributed by atoms with Gasteiger partial charge in [-0.15, -0.1) is 12.4 Å². The van der Waals surface area contributed by atoms with Crippen molar-refractivity contribution in [2.45, 2.75) is 25.3 Å². The fourth-order valence-corrected chi connectivity index (χ4v) is 3.33. The molecular weight excluding hydrogens is 316 g/mol. The van der Waals surface area contributed by atoms with E-state index in [1.165, 1.54) is 0 Å². The van der Waals surface area contributed by atoms with Crippen molar-refractivity contribution in [3.63, 3.8) is 0 Å². The molecule has 0 radical (unpaired) electrons. The fourth-order valence-electron chi connectivity index (χ4n) is 3.33. The monoisotopic (exact) mass is 340 g/mol. The van der Waals surface area contributed by atoms with Gasteiger partial charge in [-0.2, -0.15) is 0 Å². The highest BCUT2D eigenvalue weighted by Gasteiger charge is 2.32. The van der Waals surface area contributed by atoms with Gasteiger partial charge in [0.25, 0.3) is 0 Å². The van der Waals surface area contributed by atoms with Crippen LogP contribution in [0.4, 0.5) is 0 Å². The van der Waals surface area contributed by atoms with Crippen molar-refractivity contribution < 1.29 is 14.3 Å². The Morgan fingerprint density at radius 2 is 2.26 bits per heavy atom. The number of likely N-dealkylation sites (N-methyl/N-ethyl adjacent to an activating group) is 1. The number of ether oxygens (including phenoxy) is 2. The Kier molecular flexibility index (Phi) is 6.13. The van der Waals surface area contributed by atoms with Crippen LogP contribution >= 0.6 is 12.4 Å². The molecular formula is C17H25ClN2O3. The maximum atomic E-state index is 12.8. The molecule has 0 bridgehead atoms. The lowest BCUT2D eigenvalue weighted by Crippen LogP contribution is -2.50. The molecule has 2 aliphatic heterocycles. The smallest absolute Gasteiger partial charge is 0.229 e. The molecule has 1 fully saturated rings. The van der Waals surface area contributed by atoms with E-state index in [1.807, 2.05) is 30.1 Å². The number of hydrogen-bond donors (Lipinski definition) is 1. The van der Waals surface area contributed by atoms with Crippen LogP contribution in [-0.4, -0.2) is 50.7 Å². The number of halogens is 1. The maximum Gasteiger partial charge on any atom is 0.229 e. The number of benzene rings is 1. The summed E-state index contributed by atoms with van der Waals surface area (Å²) in [6, 6.07) is 6.20. The van der Waals surface area contributed by atoms with E-state index in [9.17, 15) is 4.79 Å². The van der Waals surface area contributed by atoms with Gasteiger partial charge in [-0.3, -0.25) is 4.79 Å². The van der Waals surface area contributed by atoms with E-state index >= 15 is 0 Å². The Labute approximate surface area is 143 Å². The number of nitrogens with one attached hydrogen (secondary N) is 1. The van der Waals surface area contributed by atoms with Crippen molar-refractivity contribution in [1.29, 1.82) is 0 Å². The number of amides is 1. The zero-order valence-corrected chi connectivity index (χ0v) is 14.5. The molecule has 0 aliphatic carbocycles. The summed E-state index contributed by atoms with van der Waals surface area (Å²) < 4.78 is 11.0. The first-order chi connectivity index (χ1) is 10.7. The van der Waals surface area contributed by atoms with E-state index in [1.54, 1.807) is 7.11 Å². The number of carbonyl (C=O) groups excluding carboxylic acids is 1. The summed E-state index contributed by atoms with van der Waals surface area (Å²) in [4.78, 5) is 14.8. The number of fused-ring (bicyclic) bond motifs is 1. The molecule has 1 aromatic rings. The fraction of sp³-hybridized carbons (Fsp3) is 0.588. The van der Waals surface area contributed by atoms with Gasteiger partial charge in [0.15, 0.2) is 0 Å². The predicted octanol–water partition coefficient (Wildman–Crippen LogP) is 1.88. The first kappa shape index (κ1) is 17.9. The van der Waals surface area contributed by atoms with Crippen molar-refractivity contribution in [1.82, 2.24) is 10.2 Å². The van der Waals surface area contributed by atoms with Gasteiger partial charge in [0.1, 0.15) is 18.1 Å². The standard InChI is InChI=1S/C17H24N2O3.ClH/c1-18-14-4-3-7-19(10-14)17(20)13-8-12-9-15(21-2)5-6-16(12)22-11-13;/h5-6,9,13-14,18H,3-4,7-8,10-11H2,1-2H3;1H.